The smallest absolute Gasteiger partial charge is 0.120 e. The third kappa shape index (κ3) is 3.40. The quantitative estimate of drug-likeness (QED) is 0.404. The standard InChI is InChI=1S/C6H10O2/c1-6(8-2)4-3-5-7/h5H,1,3-4H2,2H3. The Morgan fingerprint density at radius 2 is 2.50 bits per heavy atom. The van der Waals surface area contributed by atoms with E-state index >= 15 is 0 Å². The number of methoxy groups -OCH3 is 1. The first-order chi connectivity index (χ1) is 3.81. The summed E-state index contributed by atoms with van der Waals surface area (Å²) in [6, 6.07) is 0. The molecule has 8 heavy (non-hydrogen) atoms. The molecule has 0 rings (SSSR count). The number of aldehydes is 1. The van der Waals surface area contributed by atoms with Crippen molar-refractivity contribution in [3.05, 3.63) is 12.3 Å². The SMILES string of the molecule is C=C(CCC=O)OC. The molecule has 0 aliphatic rings. The lowest BCUT2D eigenvalue weighted by Crippen LogP contribution is -1.84. The summed E-state index contributed by atoms with van der Waals surface area (Å²) < 4.78 is 4.70. The Labute approximate surface area is 49.1 Å². The summed E-state index contributed by atoms with van der Waals surface area (Å²) in [7, 11) is 1.55. The van der Waals surface area contributed by atoms with Crippen LogP contribution in [0.5, 0.6) is 0 Å². The van der Waals surface area contributed by atoms with E-state index in [-0.39, 0.29) is 0 Å². The number of ether oxygens (including phenoxy) is 1. The van der Waals surface area contributed by atoms with Crippen LogP contribution in [0.1, 0.15) is 12.8 Å². The molecule has 2 heteroatoms. The number of hydrogen-bond acceptors (Lipinski definition) is 2. The maximum Gasteiger partial charge on any atom is 0.120 e. The van der Waals surface area contributed by atoms with Crippen LogP contribution >= 0.6 is 0 Å². The van der Waals surface area contributed by atoms with Crippen molar-refractivity contribution in [2.24, 2.45) is 0 Å². The summed E-state index contributed by atoms with van der Waals surface area (Å²) >= 11 is 0. The lowest BCUT2D eigenvalue weighted by Gasteiger charge is -1.97. The topological polar surface area (TPSA) is 26.3 Å². The van der Waals surface area contributed by atoms with Crippen molar-refractivity contribution in [3.8, 4) is 0 Å². The van der Waals surface area contributed by atoms with E-state index in [1.54, 1.807) is 7.11 Å². The van der Waals surface area contributed by atoms with Gasteiger partial charge in [0.2, 0.25) is 0 Å². The van der Waals surface area contributed by atoms with Gasteiger partial charge in [-0.3, -0.25) is 0 Å². The molecule has 0 fully saturated rings. The molecule has 0 N–H and O–H groups in total. The monoisotopic (exact) mass is 114 g/mol. The third-order valence-electron chi connectivity index (χ3n) is 0.830. The van der Waals surface area contributed by atoms with Crippen LogP contribution < -0.4 is 0 Å². The fraction of sp³-hybridized carbons (Fsp3) is 0.500. The highest BCUT2D eigenvalue weighted by atomic mass is 16.5. The zero-order chi connectivity index (χ0) is 6.41. The molecular weight excluding hydrogens is 104 g/mol. The molecule has 0 aromatic heterocycles. The van der Waals surface area contributed by atoms with Gasteiger partial charge in [-0.25, -0.2) is 0 Å². The van der Waals surface area contributed by atoms with Crippen LogP contribution in [0.4, 0.5) is 0 Å². The summed E-state index contributed by atoms with van der Waals surface area (Å²) in [6.45, 7) is 3.53. The first kappa shape index (κ1) is 7.21. The fourth-order valence-corrected chi connectivity index (χ4v) is 0.322. The number of allylic oxidation sites excluding steroid dienone is 1. The summed E-state index contributed by atoms with van der Waals surface area (Å²) in [5, 5.41) is 0. The van der Waals surface area contributed by atoms with E-state index in [1.807, 2.05) is 0 Å². The van der Waals surface area contributed by atoms with Crippen LogP contribution in [-0.2, 0) is 9.53 Å². The van der Waals surface area contributed by atoms with E-state index in [9.17, 15) is 4.79 Å². The molecule has 0 aliphatic carbocycles. The van der Waals surface area contributed by atoms with Gasteiger partial charge in [-0.15, -0.1) is 0 Å². The summed E-state index contributed by atoms with van der Waals surface area (Å²) in [4.78, 5) is 9.73. The van der Waals surface area contributed by atoms with Crippen LogP contribution in [-0.4, -0.2) is 13.4 Å². The van der Waals surface area contributed by atoms with Gasteiger partial charge in [-0.1, -0.05) is 6.58 Å². The molecule has 0 amide bonds. The van der Waals surface area contributed by atoms with Crippen molar-refractivity contribution in [2.45, 2.75) is 12.8 Å². The average molecular weight is 114 g/mol. The molecule has 0 aromatic rings. The Hall–Kier alpha value is -0.790. The van der Waals surface area contributed by atoms with E-state index in [1.165, 1.54) is 0 Å². The molecule has 0 heterocycles. The predicted octanol–water partition coefficient (Wildman–Crippen LogP) is 1.13. The molecule has 0 atom stereocenters. The van der Waals surface area contributed by atoms with Crippen molar-refractivity contribution in [1.29, 1.82) is 0 Å². The molecular formula is C6H10O2. The molecule has 0 saturated carbocycles. The van der Waals surface area contributed by atoms with Crippen LogP contribution in [0.3, 0.4) is 0 Å². The molecule has 0 spiro atoms. The summed E-state index contributed by atoms with van der Waals surface area (Å²) in [6.07, 6.45) is 2.00. The number of carbonyl (C=O) groups excluding carboxylic acids is 1. The van der Waals surface area contributed by atoms with Crippen LogP contribution in [0.15, 0.2) is 12.3 Å². The van der Waals surface area contributed by atoms with Gasteiger partial charge in [0.1, 0.15) is 6.29 Å². The first-order valence-corrected chi connectivity index (χ1v) is 2.46. The fourth-order valence-electron chi connectivity index (χ4n) is 0.322. The van der Waals surface area contributed by atoms with E-state index in [2.05, 4.69) is 6.58 Å². The van der Waals surface area contributed by atoms with E-state index in [4.69, 9.17) is 4.74 Å². The molecule has 46 valence electrons. The highest BCUT2D eigenvalue weighted by Gasteiger charge is 1.87. The third-order valence-corrected chi connectivity index (χ3v) is 0.830. The van der Waals surface area contributed by atoms with Gasteiger partial charge in [0.15, 0.2) is 0 Å². The first-order valence-electron chi connectivity index (χ1n) is 2.46. The predicted molar refractivity (Wildman–Crippen MR) is 31.4 cm³/mol. The second kappa shape index (κ2) is 4.37. The Morgan fingerprint density at radius 3 is 2.88 bits per heavy atom. The van der Waals surface area contributed by atoms with Crippen molar-refractivity contribution < 1.29 is 9.53 Å². The minimum atomic E-state index is 0.507. The normalized spacial score (nSPS) is 8.12. The van der Waals surface area contributed by atoms with Gasteiger partial charge in [0.05, 0.1) is 12.9 Å². The van der Waals surface area contributed by atoms with Crippen LogP contribution in [0.2, 0.25) is 0 Å². The lowest BCUT2D eigenvalue weighted by atomic mass is 10.3. The van der Waals surface area contributed by atoms with Gasteiger partial charge in [-0.2, -0.15) is 0 Å². The van der Waals surface area contributed by atoms with Crippen LogP contribution in [0.25, 0.3) is 0 Å². The molecule has 0 radical (unpaired) electrons. The maximum absolute atomic E-state index is 9.73. The molecule has 0 bridgehead atoms. The Balaban J connectivity index is 3.11. The van der Waals surface area contributed by atoms with Gasteiger partial charge < -0.3 is 9.53 Å². The van der Waals surface area contributed by atoms with Crippen molar-refractivity contribution in [2.75, 3.05) is 7.11 Å². The molecule has 0 saturated heterocycles. The number of rotatable bonds is 4. The van der Waals surface area contributed by atoms with Gasteiger partial charge in [0, 0.05) is 12.8 Å². The highest BCUT2D eigenvalue weighted by molar-refractivity contribution is 5.49. The number of carbonyl (C=O) groups is 1. The molecule has 2 nitrogen and oxygen atoms in total. The largest absolute Gasteiger partial charge is 0.502 e. The van der Waals surface area contributed by atoms with E-state index in [0.29, 0.717) is 18.6 Å². The average Bonchev–Trinajstić information content (AvgIpc) is 1.83. The molecule has 0 unspecified atom stereocenters. The Morgan fingerprint density at radius 1 is 1.88 bits per heavy atom. The minimum Gasteiger partial charge on any atom is -0.502 e. The van der Waals surface area contributed by atoms with Crippen molar-refractivity contribution in [1.82, 2.24) is 0 Å². The lowest BCUT2D eigenvalue weighted by molar-refractivity contribution is -0.107. The number of hydrogen-bond donors (Lipinski definition) is 0. The minimum absolute atomic E-state index is 0.507. The zero-order valence-electron chi connectivity index (χ0n) is 5.02. The maximum atomic E-state index is 9.73. The second-order valence-corrected chi connectivity index (χ2v) is 1.45. The summed E-state index contributed by atoms with van der Waals surface area (Å²) in [5.41, 5.74) is 0. The van der Waals surface area contributed by atoms with E-state index in [0.717, 1.165) is 6.29 Å². The zero-order valence-corrected chi connectivity index (χ0v) is 5.02. The highest BCUT2D eigenvalue weighted by Crippen LogP contribution is 1.98. The van der Waals surface area contributed by atoms with Crippen molar-refractivity contribution in [3.63, 3.8) is 0 Å². The summed E-state index contributed by atoms with van der Waals surface area (Å²) in [5.74, 6) is 0.664. The Kier molecular flexibility index (Phi) is 3.94. The van der Waals surface area contributed by atoms with Crippen molar-refractivity contribution >= 4 is 6.29 Å². The van der Waals surface area contributed by atoms with Gasteiger partial charge >= 0.3 is 0 Å². The second-order valence-electron chi connectivity index (χ2n) is 1.45. The van der Waals surface area contributed by atoms with Crippen LogP contribution in [0, 0.1) is 0 Å². The Bertz CT molecular complexity index is 86.5. The molecule has 0 aliphatic heterocycles. The van der Waals surface area contributed by atoms with Gasteiger partial charge in [-0.05, 0) is 0 Å². The molecule has 0 aromatic carbocycles. The van der Waals surface area contributed by atoms with Gasteiger partial charge in [0.25, 0.3) is 0 Å². The van der Waals surface area contributed by atoms with E-state index < -0.39 is 0 Å².